The van der Waals surface area contributed by atoms with Crippen LogP contribution >= 0.6 is 0 Å². The van der Waals surface area contributed by atoms with Gasteiger partial charge in [-0.15, -0.1) is 0 Å². The van der Waals surface area contributed by atoms with E-state index in [1.54, 1.807) is 0 Å². The van der Waals surface area contributed by atoms with Crippen molar-refractivity contribution in [1.82, 2.24) is 0 Å². The summed E-state index contributed by atoms with van der Waals surface area (Å²) in [5.74, 6) is -1.08. The van der Waals surface area contributed by atoms with Crippen molar-refractivity contribution in [3.8, 4) is 0 Å². The second-order valence-corrected chi connectivity index (χ2v) is 18.8. The molecule has 0 spiro atoms. The highest BCUT2D eigenvalue weighted by atomic mass is 16.6. The van der Waals surface area contributed by atoms with Gasteiger partial charge in [-0.25, -0.2) is 0 Å². The Morgan fingerprint density at radius 1 is 0.260 bits per heavy atom. The van der Waals surface area contributed by atoms with Crippen molar-refractivity contribution in [3.63, 3.8) is 0 Å². The van der Waals surface area contributed by atoms with Crippen LogP contribution in [-0.4, -0.2) is 37.2 Å². The average molecular weight is 1060 g/mol. The highest BCUT2D eigenvalue weighted by Gasteiger charge is 2.19. The molecule has 0 radical (unpaired) electrons. The molecule has 6 nitrogen and oxygen atoms in total. The number of rotatable bonds is 51. The molecule has 0 aliphatic rings. The van der Waals surface area contributed by atoms with Crippen molar-refractivity contribution >= 4 is 17.9 Å². The van der Waals surface area contributed by atoms with Crippen LogP contribution in [0, 0.1) is 0 Å². The molecule has 0 amide bonds. The molecule has 0 rings (SSSR count). The second-order valence-electron chi connectivity index (χ2n) is 18.8. The van der Waals surface area contributed by atoms with E-state index in [0.717, 1.165) is 167 Å². The van der Waals surface area contributed by atoms with Gasteiger partial charge < -0.3 is 14.2 Å². The summed E-state index contributed by atoms with van der Waals surface area (Å²) in [6, 6.07) is 0. The fraction of sp³-hybridized carbons (Fsp3) is 0.507. The Kier molecular flexibility index (Phi) is 58.1. The molecule has 426 valence electrons. The zero-order chi connectivity index (χ0) is 55.7. The van der Waals surface area contributed by atoms with Crippen LogP contribution in [0.3, 0.4) is 0 Å². The van der Waals surface area contributed by atoms with Gasteiger partial charge in [0.2, 0.25) is 0 Å². The molecule has 0 saturated carbocycles. The van der Waals surface area contributed by atoms with E-state index in [9.17, 15) is 14.4 Å². The van der Waals surface area contributed by atoms with E-state index < -0.39 is 6.10 Å². The van der Waals surface area contributed by atoms with Crippen molar-refractivity contribution in [2.45, 2.75) is 219 Å². The van der Waals surface area contributed by atoms with Gasteiger partial charge in [-0.2, -0.15) is 0 Å². The Morgan fingerprint density at radius 2 is 0.494 bits per heavy atom. The highest BCUT2D eigenvalue weighted by Crippen LogP contribution is 2.12. The summed E-state index contributed by atoms with van der Waals surface area (Å²) in [5.41, 5.74) is 0. The van der Waals surface area contributed by atoms with E-state index in [4.69, 9.17) is 14.2 Å². The minimum absolute atomic E-state index is 0.135. The average Bonchev–Trinajstić information content (AvgIpc) is 3.43. The molecule has 0 aromatic carbocycles. The van der Waals surface area contributed by atoms with Gasteiger partial charge in [0, 0.05) is 19.3 Å². The monoisotopic (exact) mass is 1050 g/mol. The smallest absolute Gasteiger partial charge is 0.306 e. The molecule has 0 aromatic rings. The Balaban J connectivity index is 4.47. The maximum Gasteiger partial charge on any atom is 0.306 e. The van der Waals surface area contributed by atoms with Crippen molar-refractivity contribution in [1.29, 1.82) is 0 Å². The maximum atomic E-state index is 12.8. The number of hydrogen-bond donors (Lipinski definition) is 0. The number of carbonyl (C=O) groups excluding carboxylic acids is 3. The molecule has 0 N–H and O–H groups in total. The van der Waals surface area contributed by atoms with Crippen LogP contribution in [-0.2, 0) is 28.6 Å². The van der Waals surface area contributed by atoms with Gasteiger partial charge in [-0.05, 0) is 148 Å². The lowest BCUT2D eigenvalue weighted by atomic mass is 10.1. The predicted molar refractivity (Wildman–Crippen MR) is 334 cm³/mol. The Bertz CT molecular complexity index is 1880. The Hall–Kier alpha value is -5.75. The standard InChI is InChI=1S/C71H106O6/c1-4-7-10-13-16-19-22-25-27-28-29-30-31-32-33-34-35-36-37-38-39-40-41-42-44-46-49-52-55-58-61-64-70(73)76-67-68(66-75-69(72)63-60-57-54-51-48-45-24-21-18-15-12-9-6-3)77-71(74)65-62-59-56-53-50-47-43-26-23-20-17-14-11-8-5-2/h7-12,16-21,25-27,29-30,32-33,35-36,38-39,41-43,45-46,48-49,54,57,68H,4-6,13-15,22-24,28,31,34,37,40,44,47,50-53,55-56,58-67H2,1-3H3/b10-7-,11-8-,12-9-,19-16-,20-17-,21-18-,27-25-,30-29-,33-32-,36-35-,39-38-,42-41-,43-26-,48-45-,49-46-,57-54-. The Labute approximate surface area is 471 Å². The third-order valence-electron chi connectivity index (χ3n) is 11.6. The van der Waals surface area contributed by atoms with Crippen molar-refractivity contribution in [2.24, 2.45) is 0 Å². The molecular weight excluding hydrogens is 949 g/mol. The molecule has 6 heteroatoms. The first-order chi connectivity index (χ1) is 38.0. The number of esters is 3. The molecule has 0 aromatic heterocycles. The third-order valence-corrected chi connectivity index (χ3v) is 11.6. The third kappa shape index (κ3) is 61.0. The summed E-state index contributed by atoms with van der Waals surface area (Å²) in [7, 11) is 0. The van der Waals surface area contributed by atoms with Gasteiger partial charge in [0.1, 0.15) is 13.2 Å². The summed E-state index contributed by atoms with van der Waals surface area (Å²) in [6.07, 6.45) is 95.9. The first kappa shape index (κ1) is 71.2. The SMILES string of the molecule is CC/C=C\C/C=C\C/C=C\C/C=C\C/C=C\C/C=C\C/C=C\C/C=C\C/C=C\CCCCCC(=O)OCC(COC(=O)CC/C=C\C/C=C\C/C=C\C/C=C\CC)OC(=O)CCCCCCC/C=C\C/C=C\C/C=C\CC. The van der Waals surface area contributed by atoms with Crippen LogP contribution in [0.4, 0.5) is 0 Å². The van der Waals surface area contributed by atoms with Gasteiger partial charge in [0.15, 0.2) is 6.10 Å². The van der Waals surface area contributed by atoms with Gasteiger partial charge in [0.05, 0.1) is 0 Å². The lowest BCUT2D eigenvalue weighted by molar-refractivity contribution is -0.166. The molecular formula is C71H106O6. The molecule has 0 aliphatic heterocycles. The molecule has 0 aliphatic carbocycles. The molecule has 1 unspecified atom stereocenters. The van der Waals surface area contributed by atoms with E-state index in [2.05, 4.69) is 203 Å². The second kappa shape index (κ2) is 62.8. The molecule has 0 bridgehead atoms. The number of unbranched alkanes of at least 4 members (excludes halogenated alkanes) is 8. The topological polar surface area (TPSA) is 78.9 Å². The van der Waals surface area contributed by atoms with E-state index >= 15 is 0 Å². The fourth-order valence-corrected chi connectivity index (χ4v) is 7.23. The molecule has 1 atom stereocenters. The van der Waals surface area contributed by atoms with Gasteiger partial charge in [-0.1, -0.05) is 241 Å². The van der Waals surface area contributed by atoms with Gasteiger partial charge in [-0.3, -0.25) is 14.4 Å². The molecule has 0 fully saturated rings. The zero-order valence-electron chi connectivity index (χ0n) is 48.6. The summed E-state index contributed by atoms with van der Waals surface area (Å²) in [6.45, 7) is 6.16. The first-order valence-electron chi connectivity index (χ1n) is 29.9. The van der Waals surface area contributed by atoms with Crippen LogP contribution in [0.2, 0.25) is 0 Å². The number of allylic oxidation sites excluding steroid dienone is 32. The molecule has 77 heavy (non-hydrogen) atoms. The summed E-state index contributed by atoms with van der Waals surface area (Å²) in [4.78, 5) is 38.1. The highest BCUT2D eigenvalue weighted by molar-refractivity contribution is 5.71. The number of ether oxygens (including phenoxy) is 3. The van der Waals surface area contributed by atoms with Crippen LogP contribution in [0.5, 0.6) is 0 Å². The van der Waals surface area contributed by atoms with Crippen LogP contribution in [0.15, 0.2) is 194 Å². The maximum absolute atomic E-state index is 12.8. The van der Waals surface area contributed by atoms with E-state index in [-0.39, 0.29) is 44.0 Å². The molecule has 0 heterocycles. The summed E-state index contributed by atoms with van der Waals surface area (Å²) < 4.78 is 16.7. The summed E-state index contributed by atoms with van der Waals surface area (Å²) in [5, 5.41) is 0. The van der Waals surface area contributed by atoms with Crippen LogP contribution in [0.1, 0.15) is 213 Å². The number of hydrogen-bond acceptors (Lipinski definition) is 6. The van der Waals surface area contributed by atoms with Gasteiger partial charge in [0.25, 0.3) is 0 Å². The van der Waals surface area contributed by atoms with Crippen LogP contribution in [0.25, 0.3) is 0 Å². The fourth-order valence-electron chi connectivity index (χ4n) is 7.23. The largest absolute Gasteiger partial charge is 0.462 e. The van der Waals surface area contributed by atoms with Crippen LogP contribution < -0.4 is 0 Å². The van der Waals surface area contributed by atoms with E-state index in [0.29, 0.717) is 12.8 Å². The number of carbonyl (C=O) groups is 3. The quantitative estimate of drug-likeness (QED) is 0.0261. The normalized spacial score (nSPS) is 13.5. The van der Waals surface area contributed by atoms with Crippen molar-refractivity contribution in [3.05, 3.63) is 194 Å². The lowest BCUT2D eigenvalue weighted by Crippen LogP contribution is -2.30. The minimum Gasteiger partial charge on any atom is -0.462 e. The van der Waals surface area contributed by atoms with Crippen molar-refractivity contribution < 1.29 is 28.6 Å². The van der Waals surface area contributed by atoms with Gasteiger partial charge >= 0.3 is 17.9 Å². The Morgan fingerprint density at radius 3 is 0.818 bits per heavy atom. The van der Waals surface area contributed by atoms with E-state index in [1.807, 2.05) is 12.2 Å². The zero-order valence-corrected chi connectivity index (χ0v) is 48.6. The van der Waals surface area contributed by atoms with Crippen molar-refractivity contribution in [2.75, 3.05) is 13.2 Å². The minimum atomic E-state index is -0.842. The predicted octanol–water partition coefficient (Wildman–Crippen LogP) is 20.6. The lowest BCUT2D eigenvalue weighted by Gasteiger charge is -2.18. The van der Waals surface area contributed by atoms with E-state index in [1.165, 1.54) is 0 Å². The molecule has 0 saturated heterocycles. The summed E-state index contributed by atoms with van der Waals surface area (Å²) >= 11 is 0. The first-order valence-corrected chi connectivity index (χ1v) is 29.9.